The molecular weight excluding hydrogens is 329 g/mol. The Hall–Kier alpha value is -3.00. The first-order valence-corrected chi connectivity index (χ1v) is 8.01. The minimum atomic E-state index is -0.312. The van der Waals surface area contributed by atoms with Gasteiger partial charge in [-0.15, -0.1) is 15.3 Å². The Balaban J connectivity index is 1.61. The smallest absolute Gasteiger partial charge is 0.236 e. The fourth-order valence-corrected chi connectivity index (χ4v) is 3.14. The summed E-state index contributed by atoms with van der Waals surface area (Å²) in [6.45, 7) is 0. The number of aromatic hydroxyl groups is 1. The number of hydrogen-bond donors (Lipinski definition) is 2. The van der Waals surface area contributed by atoms with E-state index in [1.807, 2.05) is 6.07 Å². The molecule has 2 heterocycles. The van der Waals surface area contributed by atoms with Gasteiger partial charge in [-0.3, -0.25) is 0 Å². The highest BCUT2D eigenvalue weighted by molar-refractivity contribution is 7.20. The van der Waals surface area contributed by atoms with Crippen molar-refractivity contribution in [2.75, 3.05) is 5.32 Å². The summed E-state index contributed by atoms with van der Waals surface area (Å²) in [5.74, 6) is 0.562. The van der Waals surface area contributed by atoms with Gasteiger partial charge in [-0.25, -0.2) is 4.39 Å². The Bertz CT molecular complexity index is 1010. The van der Waals surface area contributed by atoms with Gasteiger partial charge in [0.25, 0.3) is 0 Å². The highest BCUT2D eigenvalue weighted by Crippen LogP contribution is 2.24. The predicted octanol–water partition coefficient (Wildman–Crippen LogP) is 3.36. The first-order chi connectivity index (χ1) is 11.7. The van der Waals surface area contributed by atoms with Gasteiger partial charge in [0.1, 0.15) is 11.6 Å². The minimum absolute atomic E-state index is 0.208. The van der Waals surface area contributed by atoms with Crippen LogP contribution in [-0.4, -0.2) is 24.9 Å². The van der Waals surface area contributed by atoms with Crippen molar-refractivity contribution in [2.24, 2.45) is 0 Å². The molecule has 0 radical (unpaired) electrons. The lowest BCUT2D eigenvalue weighted by molar-refractivity contribution is 0.474. The molecule has 0 amide bonds. The number of rotatable bonds is 4. The lowest BCUT2D eigenvalue weighted by Crippen LogP contribution is -1.98. The van der Waals surface area contributed by atoms with E-state index in [1.54, 1.807) is 34.8 Å². The Morgan fingerprint density at radius 3 is 2.83 bits per heavy atom. The summed E-state index contributed by atoms with van der Waals surface area (Å²) in [5, 5.41) is 25.9. The van der Waals surface area contributed by atoms with Crippen LogP contribution in [0.25, 0.3) is 4.96 Å². The van der Waals surface area contributed by atoms with E-state index in [4.69, 9.17) is 0 Å². The number of benzene rings is 2. The third-order valence-electron chi connectivity index (χ3n) is 3.40. The Morgan fingerprint density at radius 1 is 1.12 bits per heavy atom. The number of phenols is 1. The molecular formula is C16H12FN5OS. The van der Waals surface area contributed by atoms with E-state index in [-0.39, 0.29) is 11.6 Å². The summed E-state index contributed by atoms with van der Waals surface area (Å²) in [6.07, 6.45) is 0.499. The summed E-state index contributed by atoms with van der Waals surface area (Å²) < 4.78 is 14.9. The number of fused-ring (bicyclic) bond motifs is 1. The second-order valence-corrected chi connectivity index (χ2v) is 6.16. The van der Waals surface area contributed by atoms with Crippen LogP contribution in [0.1, 0.15) is 11.4 Å². The maximum Gasteiger partial charge on any atom is 0.236 e. The van der Waals surface area contributed by atoms with Crippen LogP contribution >= 0.6 is 11.3 Å². The third-order valence-corrected chi connectivity index (χ3v) is 4.22. The van der Waals surface area contributed by atoms with Crippen molar-refractivity contribution in [1.29, 1.82) is 0 Å². The van der Waals surface area contributed by atoms with Crippen molar-refractivity contribution >= 4 is 27.1 Å². The van der Waals surface area contributed by atoms with Gasteiger partial charge in [-0.2, -0.15) is 4.52 Å². The van der Waals surface area contributed by atoms with Crippen LogP contribution in [-0.2, 0) is 6.42 Å². The minimum Gasteiger partial charge on any atom is -0.508 e. The highest BCUT2D eigenvalue weighted by Gasteiger charge is 2.12. The van der Waals surface area contributed by atoms with E-state index in [0.29, 0.717) is 28.0 Å². The molecule has 0 fully saturated rings. The zero-order chi connectivity index (χ0) is 16.5. The van der Waals surface area contributed by atoms with E-state index in [2.05, 4.69) is 20.6 Å². The Labute approximate surface area is 140 Å². The van der Waals surface area contributed by atoms with E-state index in [1.165, 1.54) is 23.5 Å². The van der Waals surface area contributed by atoms with Crippen LogP contribution in [0.3, 0.4) is 0 Å². The fourth-order valence-electron chi connectivity index (χ4n) is 2.36. The van der Waals surface area contributed by atoms with Crippen LogP contribution in [0.2, 0.25) is 0 Å². The van der Waals surface area contributed by atoms with Gasteiger partial charge in [-0.05, 0) is 35.9 Å². The average molecular weight is 341 g/mol. The van der Waals surface area contributed by atoms with E-state index in [9.17, 15) is 9.50 Å². The molecule has 0 saturated heterocycles. The number of phenolic OH excluding ortho intramolecular Hbond substituents is 1. The molecule has 0 aliphatic rings. The molecule has 6 nitrogen and oxygen atoms in total. The molecule has 2 aromatic carbocycles. The summed E-state index contributed by atoms with van der Waals surface area (Å²) in [4.78, 5) is 0.643. The van der Waals surface area contributed by atoms with Gasteiger partial charge < -0.3 is 10.4 Å². The van der Waals surface area contributed by atoms with E-state index in [0.717, 1.165) is 5.56 Å². The number of aromatic nitrogens is 4. The van der Waals surface area contributed by atoms with Gasteiger partial charge in [0, 0.05) is 12.1 Å². The summed E-state index contributed by atoms with van der Waals surface area (Å²) >= 11 is 1.33. The van der Waals surface area contributed by atoms with Gasteiger partial charge in [0.15, 0.2) is 5.82 Å². The maximum absolute atomic E-state index is 13.2. The Morgan fingerprint density at radius 2 is 2.00 bits per heavy atom. The average Bonchev–Trinajstić information content (AvgIpc) is 3.09. The van der Waals surface area contributed by atoms with Crippen molar-refractivity contribution in [3.05, 3.63) is 65.7 Å². The topological polar surface area (TPSA) is 75.3 Å². The third kappa shape index (κ3) is 2.91. The quantitative estimate of drug-likeness (QED) is 0.595. The molecule has 120 valence electrons. The molecule has 8 heteroatoms. The highest BCUT2D eigenvalue weighted by atomic mass is 32.1. The first-order valence-electron chi connectivity index (χ1n) is 7.19. The summed E-state index contributed by atoms with van der Waals surface area (Å²) in [5.41, 5.74) is 1.53. The van der Waals surface area contributed by atoms with Gasteiger partial charge in [0.05, 0.1) is 0 Å². The Kier molecular flexibility index (Phi) is 3.58. The van der Waals surface area contributed by atoms with Crippen molar-refractivity contribution in [2.45, 2.75) is 6.42 Å². The van der Waals surface area contributed by atoms with E-state index >= 15 is 0 Å². The van der Waals surface area contributed by atoms with Gasteiger partial charge >= 0.3 is 0 Å². The number of nitrogens with zero attached hydrogens (tertiary/aromatic N) is 4. The van der Waals surface area contributed by atoms with Crippen molar-refractivity contribution < 1.29 is 9.50 Å². The molecule has 4 rings (SSSR count). The number of halogens is 1. The molecule has 0 aliphatic heterocycles. The van der Waals surface area contributed by atoms with Crippen LogP contribution in [0.15, 0.2) is 48.5 Å². The first kappa shape index (κ1) is 14.6. The number of anilines is 2. The number of nitrogens with one attached hydrogen (secondary N) is 1. The van der Waals surface area contributed by atoms with E-state index < -0.39 is 0 Å². The van der Waals surface area contributed by atoms with Gasteiger partial charge in [0.2, 0.25) is 10.1 Å². The van der Waals surface area contributed by atoms with Gasteiger partial charge in [-0.1, -0.05) is 29.5 Å². The molecule has 4 aromatic rings. The molecule has 24 heavy (non-hydrogen) atoms. The van der Waals surface area contributed by atoms with Crippen LogP contribution < -0.4 is 5.32 Å². The lowest BCUT2D eigenvalue weighted by atomic mass is 10.1. The normalized spacial score (nSPS) is 11.0. The zero-order valence-electron chi connectivity index (χ0n) is 12.3. The molecule has 0 unspecified atom stereocenters. The largest absolute Gasteiger partial charge is 0.508 e. The van der Waals surface area contributed by atoms with Crippen LogP contribution in [0.4, 0.5) is 15.2 Å². The van der Waals surface area contributed by atoms with Crippen molar-refractivity contribution in [3.8, 4) is 5.75 Å². The molecule has 0 aliphatic carbocycles. The summed E-state index contributed by atoms with van der Waals surface area (Å²) in [6, 6.07) is 13.2. The molecule has 0 atom stereocenters. The molecule has 0 saturated carbocycles. The second kappa shape index (κ2) is 5.89. The lowest BCUT2D eigenvalue weighted by Gasteiger charge is -2.01. The number of hydrogen-bond acceptors (Lipinski definition) is 6. The monoisotopic (exact) mass is 341 g/mol. The zero-order valence-corrected chi connectivity index (χ0v) is 13.2. The van der Waals surface area contributed by atoms with Crippen molar-refractivity contribution in [1.82, 2.24) is 19.8 Å². The van der Waals surface area contributed by atoms with Crippen LogP contribution in [0.5, 0.6) is 5.75 Å². The predicted molar refractivity (Wildman–Crippen MR) is 89.3 cm³/mol. The maximum atomic E-state index is 13.2. The molecule has 2 N–H and O–H groups in total. The van der Waals surface area contributed by atoms with Crippen molar-refractivity contribution in [3.63, 3.8) is 0 Å². The molecule has 2 aromatic heterocycles. The van der Waals surface area contributed by atoms with Crippen LogP contribution in [0, 0.1) is 5.82 Å². The summed E-state index contributed by atoms with van der Waals surface area (Å²) in [7, 11) is 0. The second-order valence-electron chi connectivity index (χ2n) is 5.20. The fraction of sp³-hybridized carbons (Fsp3) is 0.0625. The standard InChI is InChI=1S/C16H12FN5OS/c17-11-4-2-5-12(9-11)18-15-21-22-14(19-20-16(22)24-15)8-10-3-1-6-13(23)7-10/h1-7,9,23H,8H2,(H,18,21). The molecule has 0 spiro atoms. The molecule has 0 bridgehead atoms. The SMILES string of the molecule is Oc1cccc(Cc2nnc3sc(Nc4cccc(F)c4)nn23)c1.